The molecule has 4 rings (SSSR count). The minimum atomic E-state index is 0.286. The van der Waals surface area contributed by atoms with Gasteiger partial charge in [0, 0.05) is 51.7 Å². The molecule has 0 aliphatic carbocycles. The van der Waals surface area contributed by atoms with Crippen molar-refractivity contribution in [1.82, 2.24) is 15.0 Å². The van der Waals surface area contributed by atoms with Gasteiger partial charge in [-0.05, 0) is 31.0 Å². The Bertz CT molecular complexity index is 668. The second kappa shape index (κ2) is 7.65. The standard InChI is InChI=1S/C18H24N6O/c1-2-7-19-16(5-1)23-9-11-24(12-10-23)17-6-8-20-18(22-17)21-14-15-4-3-13-25-15/h1-2,5-8,15H,3-4,9-14H2,(H,20,21,22). The van der Waals surface area contributed by atoms with Crippen LogP contribution in [0.2, 0.25) is 0 Å². The van der Waals surface area contributed by atoms with E-state index in [1.807, 2.05) is 30.6 Å². The quantitative estimate of drug-likeness (QED) is 0.890. The maximum Gasteiger partial charge on any atom is 0.224 e. The zero-order valence-corrected chi connectivity index (χ0v) is 14.3. The molecule has 0 bridgehead atoms. The van der Waals surface area contributed by atoms with Gasteiger partial charge in [-0.3, -0.25) is 0 Å². The van der Waals surface area contributed by atoms with Crippen molar-refractivity contribution in [3.8, 4) is 0 Å². The Hall–Kier alpha value is -2.41. The van der Waals surface area contributed by atoms with Gasteiger partial charge < -0.3 is 19.9 Å². The molecule has 2 aliphatic rings. The molecule has 2 aromatic heterocycles. The predicted octanol–water partition coefficient (Wildman–Crippen LogP) is 1.79. The summed E-state index contributed by atoms with van der Waals surface area (Å²) in [7, 11) is 0. The van der Waals surface area contributed by atoms with Crippen LogP contribution in [0.25, 0.3) is 0 Å². The molecule has 2 saturated heterocycles. The molecule has 132 valence electrons. The zero-order valence-electron chi connectivity index (χ0n) is 14.3. The van der Waals surface area contributed by atoms with Crippen molar-refractivity contribution in [3.05, 3.63) is 36.7 Å². The van der Waals surface area contributed by atoms with Crippen LogP contribution in [0.3, 0.4) is 0 Å². The predicted molar refractivity (Wildman–Crippen MR) is 98.2 cm³/mol. The number of hydrogen-bond donors (Lipinski definition) is 1. The first-order valence-electron chi connectivity index (χ1n) is 8.98. The lowest BCUT2D eigenvalue weighted by Crippen LogP contribution is -2.47. The first-order chi connectivity index (χ1) is 12.4. The summed E-state index contributed by atoms with van der Waals surface area (Å²) in [5.74, 6) is 2.70. The van der Waals surface area contributed by atoms with Crippen LogP contribution >= 0.6 is 0 Å². The maximum absolute atomic E-state index is 5.64. The molecule has 1 atom stereocenters. The van der Waals surface area contributed by atoms with E-state index in [9.17, 15) is 0 Å². The summed E-state index contributed by atoms with van der Waals surface area (Å²) in [5.41, 5.74) is 0. The Morgan fingerprint density at radius 1 is 1.00 bits per heavy atom. The minimum Gasteiger partial charge on any atom is -0.376 e. The molecule has 0 saturated carbocycles. The van der Waals surface area contributed by atoms with Crippen LogP contribution in [0, 0.1) is 0 Å². The van der Waals surface area contributed by atoms with Crippen molar-refractivity contribution in [1.29, 1.82) is 0 Å². The molecule has 0 amide bonds. The average molecular weight is 340 g/mol. The van der Waals surface area contributed by atoms with Gasteiger partial charge in [0.15, 0.2) is 0 Å². The summed E-state index contributed by atoms with van der Waals surface area (Å²) < 4.78 is 5.64. The number of pyridine rings is 1. The molecule has 7 heteroatoms. The van der Waals surface area contributed by atoms with Crippen molar-refractivity contribution in [3.63, 3.8) is 0 Å². The molecule has 0 aromatic carbocycles. The third-order valence-electron chi connectivity index (χ3n) is 4.73. The Balaban J connectivity index is 1.34. The Labute approximate surface area is 148 Å². The number of ether oxygens (including phenoxy) is 1. The second-order valence-corrected chi connectivity index (χ2v) is 6.42. The van der Waals surface area contributed by atoms with Gasteiger partial charge >= 0.3 is 0 Å². The highest BCUT2D eigenvalue weighted by molar-refractivity contribution is 5.46. The summed E-state index contributed by atoms with van der Waals surface area (Å²) in [6, 6.07) is 8.03. The topological polar surface area (TPSA) is 66.4 Å². The van der Waals surface area contributed by atoms with Crippen molar-refractivity contribution < 1.29 is 4.74 Å². The SMILES string of the molecule is c1ccc(N2CCN(c3ccnc(NCC4CCCO4)n3)CC2)nc1. The van der Waals surface area contributed by atoms with Gasteiger partial charge in [0.2, 0.25) is 5.95 Å². The van der Waals surface area contributed by atoms with Crippen LogP contribution in [0.15, 0.2) is 36.7 Å². The smallest absolute Gasteiger partial charge is 0.224 e. The van der Waals surface area contributed by atoms with E-state index in [1.54, 1.807) is 0 Å². The van der Waals surface area contributed by atoms with E-state index in [1.165, 1.54) is 0 Å². The van der Waals surface area contributed by atoms with E-state index in [0.29, 0.717) is 5.95 Å². The van der Waals surface area contributed by atoms with E-state index in [0.717, 1.165) is 63.8 Å². The van der Waals surface area contributed by atoms with Gasteiger partial charge in [-0.2, -0.15) is 4.98 Å². The van der Waals surface area contributed by atoms with Gasteiger partial charge in [-0.25, -0.2) is 9.97 Å². The van der Waals surface area contributed by atoms with Crippen molar-refractivity contribution >= 4 is 17.6 Å². The first kappa shape index (κ1) is 16.1. The third-order valence-corrected chi connectivity index (χ3v) is 4.73. The fourth-order valence-corrected chi connectivity index (χ4v) is 3.33. The summed E-state index contributed by atoms with van der Waals surface area (Å²) in [4.78, 5) is 18.1. The molecule has 1 unspecified atom stereocenters. The monoisotopic (exact) mass is 340 g/mol. The molecule has 2 aliphatic heterocycles. The maximum atomic E-state index is 5.64. The summed E-state index contributed by atoms with van der Waals surface area (Å²) in [6.45, 7) is 5.39. The molecule has 0 radical (unpaired) electrons. The highest BCUT2D eigenvalue weighted by Gasteiger charge is 2.20. The van der Waals surface area contributed by atoms with Gasteiger partial charge in [0.25, 0.3) is 0 Å². The lowest BCUT2D eigenvalue weighted by atomic mass is 10.2. The van der Waals surface area contributed by atoms with Gasteiger partial charge in [-0.15, -0.1) is 0 Å². The van der Waals surface area contributed by atoms with Crippen LogP contribution in [-0.4, -0.2) is 60.4 Å². The largest absolute Gasteiger partial charge is 0.376 e. The first-order valence-corrected chi connectivity index (χ1v) is 8.98. The van der Waals surface area contributed by atoms with Crippen molar-refractivity contribution in [2.75, 3.05) is 54.4 Å². The van der Waals surface area contributed by atoms with Crippen LogP contribution in [-0.2, 0) is 4.74 Å². The van der Waals surface area contributed by atoms with Gasteiger partial charge in [0.1, 0.15) is 11.6 Å². The third kappa shape index (κ3) is 3.99. The molecule has 25 heavy (non-hydrogen) atoms. The Kier molecular flexibility index (Phi) is 4.92. The average Bonchev–Trinajstić information content (AvgIpc) is 3.21. The summed E-state index contributed by atoms with van der Waals surface area (Å²) >= 11 is 0. The Morgan fingerprint density at radius 2 is 1.84 bits per heavy atom. The number of aromatic nitrogens is 3. The molecule has 0 spiro atoms. The number of nitrogens with zero attached hydrogens (tertiary/aromatic N) is 5. The molecule has 2 fully saturated rings. The normalized spacial score (nSPS) is 20.7. The van der Waals surface area contributed by atoms with E-state index < -0.39 is 0 Å². The highest BCUT2D eigenvalue weighted by atomic mass is 16.5. The minimum absolute atomic E-state index is 0.286. The summed E-state index contributed by atoms with van der Waals surface area (Å²) in [6.07, 6.45) is 6.22. The molecular weight excluding hydrogens is 316 g/mol. The molecular formula is C18H24N6O. The molecule has 4 heterocycles. The second-order valence-electron chi connectivity index (χ2n) is 6.42. The number of piperazine rings is 1. The van der Waals surface area contributed by atoms with Crippen LogP contribution in [0.5, 0.6) is 0 Å². The van der Waals surface area contributed by atoms with Gasteiger partial charge in [0.05, 0.1) is 6.10 Å². The van der Waals surface area contributed by atoms with E-state index >= 15 is 0 Å². The van der Waals surface area contributed by atoms with Gasteiger partial charge in [-0.1, -0.05) is 6.07 Å². The van der Waals surface area contributed by atoms with E-state index in [2.05, 4.69) is 36.1 Å². The van der Waals surface area contributed by atoms with E-state index in [-0.39, 0.29) is 6.10 Å². The number of rotatable bonds is 5. The number of nitrogens with one attached hydrogen (secondary N) is 1. The highest BCUT2D eigenvalue weighted by Crippen LogP contribution is 2.18. The van der Waals surface area contributed by atoms with Crippen LogP contribution in [0.4, 0.5) is 17.6 Å². The Morgan fingerprint density at radius 3 is 2.56 bits per heavy atom. The lowest BCUT2D eigenvalue weighted by molar-refractivity contribution is 0.120. The molecule has 7 nitrogen and oxygen atoms in total. The number of anilines is 3. The fraction of sp³-hybridized carbons (Fsp3) is 0.500. The number of hydrogen-bond acceptors (Lipinski definition) is 7. The van der Waals surface area contributed by atoms with Crippen LogP contribution < -0.4 is 15.1 Å². The molecule has 1 N–H and O–H groups in total. The lowest BCUT2D eigenvalue weighted by Gasteiger charge is -2.36. The zero-order chi connectivity index (χ0) is 16.9. The molecule has 2 aromatic rings. The van der Waals surface area contributed by atoms with Crippen molar-refractivity contribution in [2.24, 2.45) is 0 Å². The van der Waals surface area contributed by atoms with Crippen LogP contribution in [0.1, 0.15) is 12.8 Å². The fourth-order valence-electron chi connectivity index (χ4n) is 3.33. The van der Waals surface area contributed by atoms with Crippen molar-refractivity contribution in [2.45, 2.75) is 18.9 Å². The van der Waals surface area contributed by atoms with E-state index in [4.69, 9.17) is 4.74 Å². The summed E-state index contributed by atoms with van der Waals surface area (Å²) in [5, 5.41) is 3.31.